The zero-order valence-electron chi connectivity index (χ0n) is 30.3. The Morgan fingerprint density at radius 2 is 1.92 bits per heavy atom. The van der Waals surface area contributed by atoms with Gasteiger partial charge in [-0.3, -0.25) is 9.58 Å². The molecule has 1 saturated heterocycles. The van der Waals surface area contributed by atoms with Gasteiger partial charge < -0.3 is 18.8 Å². The fraction of sp³-hybridized carbons (Fsp3) is 0.415. The van der Waals surface area contributed by atoms with Gasteiger partial charge in [-0.25, -0.2) is 18.0 Å². The second-order valence-corrected chi connectivity index (χ2v) is 14.1. The first-order valence-electron chi connectivity index (χ1n) is 18.3. The standard InChI is InChI=1S/C41H44ClF3N4O4/c1-4-32-36-35-31(42)16-15-30-29(11-9-23-52-33-12-8-10-26-24-27(43)13-14-28(26)33)39(40(50)51-5-2)49(38(30)35)19-6-7-22-53-34(37(36)46-47(32)3)17-20-48-21-18-41(44,45)25-48/h6-8,10,12-16,24,34H,4-5,9,11,17-23,25H2,1-3H3/b7-6-. The molecule has 0 aliphatic carbocycles. The van der Waals surface area contributed by atoms with Gasteiger partial charge in [0.2, 0.25) is 0 Å². The summed E-state index contributed by atoms with van der Waals surface area (Å²) in [5.74, 6) is -2.76. The number of aryl methyl sites for hydroxylation is 2. The molecule has 2 aromatic heterocycles. The maximum atomic E-state index is 14.1. The Kier molecular flexibility index (Phi) is 10.9. The lowest BCUT2D eigenvalue weighted by Gasteiger charge is -2.22. The maximum absolute atomic E-state index is 14.1. The van der Waals surface area contributed by atoms with E-state index >= 15 is 0 Å². The van der Waals surface area contributed by atoms with Crippen LogP contribution in [0.5, 0.6) is 5.75 Å². The van der Waals surface area contributed by atoms with E-state index in [1.165, 1.54) is 12.1 Å². The number of alkyl halides is 2. The summed E-state index contributed by atoms with van der Waals surface area (Å²) < 4.78 is 64.3. The van der Waals surface area contributed by atoms with Crippen LogP contribution >= 0.6 is 11.6 Å². The van der Waals surface area contributed by atoms with Crippen molar-refractivity contribution in [3.8, 4) is 16.9 Å². The molecule has 5 aromatic rings. The third-order valence-corrected chi connectivity index (χ3v) is 10.6. The van der Waals surface area contributed by atoms with Crippen molar-refractivity contribution >= 4 is 39.2 Å². The van der Waals surface area contributed by atoms with Crippen LogP contribution < -0.4 is 4.74 Å². The van der Waals surface area contributed by atoms with Gasteiger partial charge in [0.25, 0.3) is 5.92 Å². The summed E-state index contributed by atoms with van der Waals surface area (Å²) in [5, 5.41) is 7.95. The number of carbonyl (C=O) groups is 1. The molecule has 1 atom stereocenters. The van der Waals surface area contributed by atoms with Crippen molar-refractivity contribution in [1.29, 1.82) is 0 Å². The predicted octanol–water partition coefficient (Wildman–Crippen LogP) is 9.10. The van der Waals surface area contributed by atoms with E-state index in [0.29, 0.717) is 74.1 Å². The minimum absolute atomic E-state index is 0.147. The lowest BCUT2D eigenvalue weighted by Crippen LogP contribution is -2.27. The Balaban J connectivity index is 1.31. The van der Waals surface area contributed by atoms with Crippen molar-refractivity contribution in [1.82, 2.24) is 19.2 Å². The first-order valence-corrected chi connectivity index (χ1v) is 18.7. The molecule has 53 heavy (non-hydrogen) atoms. The van der Waals surface area contributed by atoms with Gasteiger partial charge in [-0.15, -0.1) is 0 Å². The molecule has 3 aromatic carbocycles. The number of fused-ring (bicyclic) bond motifs is 3. The number of benzene rings is 3. The van der Waals surface area contributed by atoms with Crippen LogP contribution in [0.1, 0.15) is 66.7 Å². The normalized spacial score (nSPS) is 17.9. The predicted molar refractivity (Wildman–Crippen MR) is 201 cm³/mol. The van der Waals surface area contributed by atoms with Crippen molar-refractivity contribution in [2.45, 2.75) is 64.5 Å². The van der Waals surface area contributed by atoms with Gasteiger partial charge in [0.1, 0.15) is 23.4 Å². The molecule has 7 rings (SSSR count). The number of ether oxygens (including phenoxy) is 3. The van der Waals surface area contributed by atoms with E-state index in [1.54, 1.807) is 17.9 Å². The van der Waals surface area contributed by atoms with Gasteiger partial charge in [0, 0.05) is 60.7 Å². The van der Waals surface area contributed by atoms with Gasteiger partial charge in [-0.1, -0.05) is 48.9 Å². The summed E-state index contributed by atoms with van der Waals surface area (Å²) >= 11 is 7.19. The molecular formula is C41H44ClF3N4O4. The zero-order chi connectivity index (χ0) is 37.3. The topological polar surface area (TPSA) is 70.8 Å². The van der Waals surface area contributed by atoms with Gasteiger partial charge in [0.05, 0.1) is 42.6 Å². The van der Waals surface area contributed by atoms with E-state index in [1.807, 2.05) is 58.8 Å². The van der Waals surface area contributed by atoms with Crippen LogP contribution in [0.2, 0.25) is 5.02 Å². The highest BCUT2D eigenvalue weighted by molar-refractivity contribution is 6.35. The van der Waals surface area contributed by atoms with E-state index < -0.39 is 18.0 Å². The lowest BCUT2D eigenvalue weighted by atomic mass is 9.94. The average molecular weight is 749 g/mol. The summed E-state index contributed by atoms with van der Waals surface area (Å²) in [6.45, 7) is 5.54. The Morgan fingerprint density at radius 3 is 2.70 bits per heavy atom. The average Bonchev–Trinajstić information content (AvgIpc) is 3.76. The van der Waals surface area contributed by atoms with E-state index in [9.17, 15) is 18.0 Å². The second-order valence-electron chi connectivity index (χ2n) is 13.7. The molecule has 0 bridgehead atoms. The molecule has 8 nitrogen and oxygen atoms in total. The fourth-order valence-electron chi connectivity index (χ4n) is 7.88. The quantitative estimate of drug-likeness (QED) is 0.0763. The number of hydrogen-bond donors (Lipinski definition) is 0. The maximum Gasteiger partial charge on any atom is 0.355 e. The van der Waals surface area contributed by atoms with Crippen molar-refractivity contribution < 1.29 is 32.2 Å². The Hall–Kier alpha value is -4.32. The summed E-state index contributed by atoms with van der Waals surface area (Å²) in [6, 6.07) is 14.0. The first-order chi connectivity index (χ1) is 25.6. The molecule has 0 saturated carbocycles. The Morgan fingerprint density at radius 1 is 1.09 bits per heavy atom. The number of likely N-dealkylation sites (tertiary alicyclic amines) is 1. The summed E-state index contributed by atoms with van der Waals surface area (Å²) in [7, 11) is 1.89. The van der Waals surface area contributed by atoms with Crippen LogP contribution in [-0.4, -0.2) is 70.6 Å². The highest BCUT2D eigenvalue weighted by atomic mass is 35.5. The van der Waals surface area contributed by atoms with Gasteiger partial charge in [-0.2, -0.15) is 5.10 Å². The Labute approximate surface area is 312 Å². The van der Waals surface area contributed by atoms with Gasteiger partial charge in [0.15, 0.2) is 0 Å². The number of hydrogen-bond acceptors (Lipinski definition) is 6. The van der Waals surface area contributed by atoms with Crippen molar-refractivity contribution in [2.24, 2.45) is 7.05 Å². The number of aromatic nitrogens is 3. The molecule has 2 aliphatic heterocycles. The summed E-state index contributed by atoms with van der Waals surface area (Å²) in [4.78, 5) is 15.7. The second kappa shape index (κ2) is 15.6. The van der Waals surface area contributed by atoms with Crippen LogP contribution in [0.3, 0.4) is 0 Å². The summed E-state index contributed by atoms with van der Waals surface area (Å²) in [5.41, 5.74) is 5.29. The van der Waals surface area contributed by atoms with Crippen LogP contribution in [-0.2, 0) is 35.9 Å². The molecular weight excluding hydrogens is 705 g/mol. The highest BCUT2D eigenvalue weighted by Crippen LogP contribution is 2.45. The molecule has 4 heterocycles. The van der Waals surface area contributed by atoms with Gasteiger partial charge in [-0.05, 0) is 73.9 Å². The number of esters is 1. The molecule has 2 aliphatic rings. The molecule has 0 radical (unpaired) electrons. The van der Waals surface area contributed by atoms with E-state index in [2.05, 4.69) is 6.92 Å². The SMILES string of the molecule is CCOC(=O)c1c(CCCOc2cccc3cc(F)ccc23)c2ccc(Cl)c3c2n1C/C=C\COC(CCN1CCC(F)(F)C1)c1nn(C)c(CC)c1-3. The van der Waals surface area contributed by atoms with E-state index in [4.69, 9.17) is 30.9 Å². The Bertz CT molecular complexity index is 2180. The highest BCUT2D eigenvalue weighted by Gasteiger charge is 2.39. The molecule has 0 amide bonds. The summed E-state index contributed by atoms with van der Waals surface area (Å²) in [6.07, 6.45) is 5.45. The molecule has 1 unspecified atom stereocenters. The number of nitrogens with zero attached hydrogens (tertiary/aromatic N) is 4. The zero-order valence-corrected chi connectivity index (χ0v) is 31.0. The van der Waals surface area contributed by atoms with E-state index in [0.717, 1.165) is 44.1 Å². The molecule has 12 heteroatoms. The third-order valence-electron chi connectivity index (χ3n) is 10.3. The minimum Gasteiger partial charge on any atom is -0.493 e. The lowest BCUT2D eigenvalue weighted by molar-refractivity contribution is 0.00851. The van der Waals surface area contributed by atoms with Crippen LogP contribution in [0, 0.1) is 5.82 Å². The van der Waals surface area contributed by atoms with Gasteiger partial charge >= 0.3 is 5.97 Å². The third kappa shape index (κ3) is 7.43. The number of carbonyl (C=O) groups excluding carboxylic acids is 1. The molecule has 0 spiro atoms. The first kappa shape index (κ1) is 37.0. The van der Waals surface area contributed by atoms with Crippen molar-refractivity contribution in [3.05, 3.63) is 94.2 Å². The molecule has 280 valence electrons. The van der Waals surface area contributed by atoms with Crippen LogP contribution in [0.15, 0.2) is 60.7 Å². The van der Waals surface area contributed by atoms with Crippen LogP contribution in [0.4, 0.5) is 13.2 Å². The van der Waals surface area contributed by atoms with Crippen molar-refractivity contribution in [3.63, 3.8) is 0 Å². The number of allylic oxidation sites excluding steroid dienone is 1. The smallest absolute Gasteiger partial charge is 0.355 e. The largest absolute Gasteiger partial charge is 0.493 e. The molecule has 1 fully saturated rings. The number of halogens is 4. The molecule has 0 N–H and O–H groups in total. The monoisotopic (exact) mass is 748 g/mol. The van der Waals surface area contributed by atoms with E-state index in [-0.39, 0.29) is 32.0 Å². The van der Waals surface area contributed by atoms with Crippen LogP contribution in [0.25, 0.3) is 32.8 Å². The minimum atomic E-state index is -2.69. The number of rotatable bonds is 11. The fourth-order valence-corrected chi connectivity index (χ4v) is 8.13. The van der Waals surface area contributed by atoms with Crippen molar-refractivity contribution in [2.75, 3.05) is 39.5 Å².